The van der Waals surface area contributed by atoms with Crippen molar-refractivity contribution in [2.75, 3.05) is 13.2 Å². The van der Waals surface area contributed by atoms with Crippen LogP contribution in [0, 0.1) is 0 Å². The zero-order chi connectivity index (χ0) is 12.7. The van der Waals surface area contributed by atoms with Crippen molar-refractivity contribution >= 4 is 5.97 Å². The van der Waals surface area contributed by atoms with Gasteiger partial charge in [-0.05, 0) is 19.4 Å². The molecule has 0 bridgehead atoms. The van der Waals surface area contributed by atoms with E-state index in [4.69, 9.17) is 9.47 Å². The van der Waals surface area contributed by atoms with E-state index in [1.165, 1.54) is 0 Å². The molecule has 4 nitrogen and oxygen atoms in total. The number of aliphatic carboxylic acids is 1. The molecule has 1 atom stereocenters. The van der Waals surface area contributed by atoms with Gasteiger partial charge < -0.3 is 14.6 Å². The first-order valence-corrected chi connectivity index (χ1v) is 5.71. The highest BCUT2D eigenvalue weighted by molar-refractivity contribution is 5.76. The fourth-order valence-corrected chi connectivity index (χ4v) is 1.65. The minimum Gasteiger partial charge on any atom is -0.481 e. The number of hydrogen-bond donors (Lipinski definition) is 1. The minimum atomic E-state index is -0.942. The Hall–Kier alpha value is -1.39. The van der Waals surface area contributed by atoms with E-state index < -0.39 is 18.2 Å². The molecule has 0 aromatic heterocycles. The first-order chi connectivity index (χ1) is 8.20. The van der Waals surface area contributed by atoms with Gasteiger partial charge in [0.15, 0.2) is 6.29 Å². The van der Waals surface area contributed by atoms with E-state index in [1.54, 1.807) is 24.3 Å². The molecular weight excluding hydrogens is 220 g/mol. The highest BCUT2D eigenvalue weighted by atomic mass is 16.7. The monoisotopic (exact) mass is 238 g/mol. The molecule has 0 radical (unpaired) electrons. The zero-order valence-corrected chi connectivity index (χ0v) is 10.1. The topological polar surface area (TPSA) is 55.8 Å². The van der Waals surface area contributed by atoms with Gasteiger partial charge in [0.05, 0.1) is 0 Å². The van der Waals surface area contributed by atoms with Crippen molar-refractivity contribution < 1.29 is 19.4 Å². The van der Waals surface area contributed by atoms with Crippen LogP contribution in [-0.4, -0.2) is 30.6 Å². The molecule has 1 rings (SSSR count). The van der Waals surface area contributed by atoms with Gasteiger partial charge in [0.1, 0.15) is 5.92 Å². The number of hydrogen-bond acceptors (Lipinski definition) is 3. The average Bonchev–Trinajstić information content (AvgIpc) is 2.31. The maximum atomic E-state index is 11.3. The highest BCUT2D eigenvalue weighted by Gasteiger charge is 2.30. The number of carboxylic acid groups (broad SMARTS) is 1. The van der Waals surface area contributed by atoms with Gasteiger partial charge in [-0.3, -0.25) is 4.79 Å². The van der Waals surface area contributed by atoms with Gasteiger partial charge in [0, 0.05) is 13.2 Å². The van der Waals surface area contributed by atoms with Crippen LogP contribution in [0.1, 0.15) is 25.3 Å². The first kappa shape index (κ1) is 13.7. The maximum absolute atomic E-state index is 11.3. The van der Waals surface area contributed by atoms with E-state index in [-0.39, 0.29) is 0 Å². The van der Waals surface area contributed by atoms with Crippen molar-refractivity contribution in [1.29, 1.82) is 0 Å². The third kappa shape index (κ3) is 3.84. The van der Waals surface area contributed by atoms with Crippen molar-refractivity contribution in [1.82, 2.24) is 0 Å². The highest BCUT2D eigenvalue weighted by Crippen LogP contribution is 2.23. The lowest BCUT2D eigenvalue weighted by molar-refractivity contribution is -0.172. The van der Waals surface area contributed by atoms with Crippen molar-refractivity contribution in [3.8, 4) is 0 Å². The minimum absolute atomic E-state index is 0.418. The van der Waals surface area contributed by atoms with Gasteiger partial charge in [0.25, 0.3) is 0 Å². The molecule has 1 N–H and O–H groups in total. The van der Waals surface area contributed by atoms with Crippen molar-refractivity contribution in [3.05, 3.63) is 35.9 Å². The Balaban J connectivity index is 2.94. The van der Waals surface area contributed by atoms with Gasteiger partial charge in [-0.2, -0.15) is 0 Å². The summed E-state index contributed by atoms with van der Waals surface area (Å²) in [6, 6.07) is 8.99. The first-order valence-electron chi connectivity index (χ1n) is 5.71. The summed E-state index contributed by atoms with van der Waals surface area (Å²) < 4.78 is 10.7. The number of carboxylic acids is 1. The molecule has 94 valence electrons. The lowest BCUT2D eigenvalue weighted by Crippen LogP contribution is -2.31. The van der Waals surface area contributed by atoms with E-state index >= 15 is 0 Å². The van der Waals surface area contributed by atoms with Crippen molar-refractivity contribution in [2.24, 2.45) is 0 Å². The normalized spacial score (nSPS) is 12.6. The maximum Gasteiger partial charge on any atom is 0.316 e. The molecule has 1 aromatic rings. The molecule has 1 aromatic carbocycles. The lowest BCUT2D eigenvalue weighted by atomic mass is 9.98. The van der Waals surface area contributed by atoms with E-state index in [0.29, 0.717) is 18.8 Å². The number of benzene rings is 1. The third-order valence-electron chi connectivity index (χ3n) is 2.36. The quantitative estimate of drug-likeness (QED) is 0.740. The van der Waals surface area contributed by atoms with Crippen LogP contribution in [0.25, 0.3) is 0 Å². The Morgan fingerprint density at radius 3 is 2.12 bits per heavy atom. The van der Waals surface area contributed by atoms with Crippen LogP contribution in [-0.2, 0) is 14.3 Å². The van der Waals surface area contributed by atoms with Crippen LogP contribution in [0.5, 0.6) is 0 Å². The number of rotatable bonds is 7. The summed E-state index contributed by atoms with van der Waals surface area (Å²) in [5.74, 6) is -1.74. The number of carbonyl (C=O) groups is 1. The molecule has 0 saturated carbocycles. The van der Waals surface area contributed by atoms with Crippen LogP contribution in [0.15, 0.2) is 30.3 Å². The van der Waals surface area contributed by atoms with Gasteiger partial charge in [-0.25, -0.2) is 0 Å². The third-order valence-corrected chi connectivity index (χ3v) is 2.36. The summed E-state index contributed by atoms with van der Waals surface area (Å²) in [5.41, 5.74) is 0.687. The fourth-order valence-electron chi connectivity index (χ4n) is 1.65. The zero-order valence-electron chi connectivity index (χ0n) is 10.1. The van der Waals surface area contributed by atoms with Gasteiger partial charge in [0.2, 0.25) is 0 Å². The molecule has 1 unspecified atom stereocenters. The molecule has 0 aliphatic heterocycles. The van der Waals surface area contributed by atoms with Crippen LogP contribution in [0.2, 0.25) is 0 Å². The summed E-state index contributed by atoms with van der Waals surface area (Å²) in [6.07, 6.45) is -0.745. The Morgan fingerprint density at radius 1 is 1.18 bits per heavy atom. The summed E-state index contributed by atoms with van der Waals surface area (Å²) in [4.78, 5) is 11.3. The Labute approximate surface area is 101 Å². The molecule has 0 heterocycles. The number of ether oxygens (including phenoxy) is 2. The SMILES string of the molecule is CCOC(OCC)C(C(=O)O)c1ccccc1. The summed E-state index contributed by atoms with van der Waals surface area (Å²) in [6.45, 7) is 4.47. The predicted octanol–water partition coefficient (Wildman–Crippen LogP) is 2.25. The summed E-state index contributed by atoms with van der Waals surface area (Å²) in [7, 11) is 0. The van der Waals surface area contributed by atoms with Crippen molar-refractivity contribution in [2.45, 2.75) is 26.1 Å². The van der Waals surface area contributed by atoms with Crippen LogP contribution < -0.4 is 0 Å². The summed E-state index contributed by atoms with van der Waals surface area (Å²) in [5, 5.41) is 9.29. The smallest absolute Gasteiger partial charge is 0.316 e. The van der Waals surface area contributed by atoms with E-state index in [0.717, 1.165) is 0 Å². The molecule has 0 saturated heterocycles. The predicted molar refractivity (Wildman–Crippen MR) is 63.9 cm³/mol. The van der Waals surface area contributed by atoms with E-state index in [2.05, 4.69) is 0 Å². The molecule has 0 aliphatic rings. The van der Waals surface area contributed by atoms with Crippen molar-refractivity contribution in [3.63, 3.8) is 0 Å². The van der Waals surface area contributed by atoms with Gasteiger partial charge in [-0.1, -0.05) is 30.3 Å². The van der Waals surface area contributed by atoms with Crippen LogP contribution in [0.3, 0.4) is 0 Å². The Bertz CT molecular complexity index is 331. The van der Waals surface area contributed by atoms with Gasteiger partial charge >= 0.3 is 5.97 Å². The fraction of sp³-hybridized carbons (Fsp3) is 0.462. The largest absolute Gasteiger partial charge is 0.481 e. The standard InChI is InChI=1S/C13H18O4/c1-3-16-13(17-4-2)11(12(14)15)10-8-6-5-7-9-10/h5-9,11,13H,3-4H2,1-2H3,(H,14,15). The molecule has 0 fully saturated rings. The molecule has 0 amide bonds. The summed E-state index contributed by atoms with van der Waals surface area (Å²) >= 11 is 0. The second kappa shape index (κ2) is 7.04. The molecule has 0 spiro atoms. The molecule has 0 aliphatic carbocycles. The second-order valence-electron chi connectivity index (χ2n) is 3.51. The molecular formula is C13H18O4. The lowest BCUT2D eigenvalue weighted by Gasteiger charge is -2.23. The Kier molecular flexibility index (Phi) is 5.66. The molecule has 17 heavy (non-hydrogen) atoms. The van der Waals surface area contributed by atoms with Crippen LogP contribution in [0.4, 0.5) is 0 Å². The molecule has 4 heteroatoms. The van der Waals surface area contributed by atoms with E-state index in [1.807, 2.05) is 19.9 Å². The van der Waals surface area contributed by atoms with E-state index in [9.17, 15) is 9.90 Å². The average molecular weight is 238 g/mol. The Morgan fingerprint density at radius 2 is 1.71 bits per heavy atom. The second-order valence-corrected chi connectivity index (χ2v) is 3.51. The van der Waals surface area contributed by atoms with Crippen LogP contribution >= 0.6 is 0 Å². The van der Waals surface area contributed by atoms with Gasteiger partial charge in [-0.15, -0.1) is 0 Å².